The van der Waals surface area contributed by atoms with E-state index in [2.05, 4.69) is 63.3 Å². The van der Waals surface area contributed by atoms with E-state index in [9.17, 15) is 5.26 Å². The van der Waals surface area contributed by atoms with Gasteiger partial charge in [-0.05, 0) is 38.9 Å². The number of rotatable bonds is 8. The van der Waals surface area contributed by atoms with Crippen LogP contribution < -0.4 is 0 Å². The lowest BCUT2D eigenvalue weighted by Gasteiger charge is -2.43. The average molecular weight is 414 g/mol. The Morgan fingerprint density at radius 2 is 1.72 bits per heavy atom. The van der Waals surface area contributed by atoms with Crippen molar-refractivity contribution in [2.24, 2.45) is 0 Å². The molecule has 2 aromatic rings. The van der Waals surface area contributed by atoms with Crippen LogP contribution in [0.1, 0.15) is 53.1 Å². The third-order valence-electron chi connectivity index (χ3n) is 5.51. The third-order valence-corrected chi connectivity index (χ3v) is 10.2. The van der Waals surface area contributed by atoms with Crippen molar-refractivity contribution in [3.63, 3.8) is 0 Å². The van der Waals surface area contributed by atoms with Crippen LogP contribution in [0.4, 0.5) is 0 Å². The molecule has 1 heterocycles. The molecule has 0 amide bonds. The van der Waals surface area contributed by atoms with Gasteiger partial charge in [0.1, 0.15) is 18.5 Å². The molecule has 0 N–H and O–H groups in total. The molecule has 6 heteroatoms. The van der Waals surface area contributed by atoms with Crippen molar-refractivity contribution in [1.29, 1.82) is 5.26 Å². The van der Waals surface area contributed by atoms with E-state index in [1.807, 2.05) is 37.3 Å². The van der Waals surface area contributed by atoms with Crippen LogP contribution in [0.2, 0.25) is 18.1 Å². The molecule has 0 fully saturated rings. The van der Waals surface area contributed by atoms with Crippen molar-refractivity contribution < 1.29 is 9.16 Å². The lowest BCUT2D eigenvalue weighted by atomic mass is 10.1. The number of nitrogens with zero attached hydrogens (tertiary/aromatic N) is 3. The van der Waals surface area contributed by atoms with Gasteiger partial charge in [-0.1, -0.05) is 51.1 Å². The number of hydrogen-bond acceptors (Lipinski definition) is 4. The number of nitriles is 1. The molecule has 1 aromatic heterocycles. The van der Waals surface area contributed by atoms with Gasteiger partial charge in [0, 0.05) is 12.2 Å². The van der Waals surface area contributed by atoms with Crippen molar-refractivity contribution in [3.8, 4) is 17.3 Å². The van der Waals surface area contributed by atoms with E-state index in [1.54, 1.807) is 0 Å². The maximum atomic E-state index is 9.74. The van der Waals surface area contributed by atoms with Crippen LogP contribution in [0.5, 0.6) is 0 Å². The van der Waals surface area contributed by atoms with Gasteiger partial charge < -0.3 is 13.7 Å². The Morgan fingerprint density at radius 3 is 2.24 bits per heavy atom. The second-order valence-corrected chi connectivity index (χ2v) is 14.3. The number of hydrogen-bond donors (Lipinski definition) is 0. The van der Waals surface area contributed by atoms with Gasteiger partial charge in [0.25, 0.3) is 0 Å². The monoisotopic (exact) mass is 413 g/mol. The Labute approximate surface area is 176 Å². The van der Waals surface area contributed by atoms with Gasteiger partial charge in [-0.3, -0.25) is 0 Å². The Kier molecular flexibility index (Phi) is 7.10. The summed E-state index contributed by atoms with van der Waals surface area (Å²) >= 11 is 0. The number of ether oxygens (including phenoxy) is 1. The fourth-order valence-electron chi connectivity index (χ4n) is 3.20. The van der Waals surface area contributed by atoms with E-state index in [-0.39, 0.29) is 5.04 Å². The van der Waals surface area contributed by atoms with Crippen molar-refractivity contribution in [2.45, 2.75) is 78.4 Å². The van der Waals surface area contributed by atoms with Crippen LogP contribution in [0.15, 0.2) is 30.3 Å². The lowest BCUT2D eigenvalue weighted by molar-refractivity contribution is 0.0681. The summed E-state index contributed by atoms with van der Waals surface area (Å²) in [5.74, 6) is 0.758. The summed E-state index contributed by atoms with van der Waals surface area (Å²) in [5, 5.41) is 9.86. The van der Waals surface area contributed by atoms with Gasteiger partial charge in [-0.2, -0.15) is 5.26 Å². The van der Waals surface area contributed by atoms with Crippen LogP contribution in [-0.4, -0.2) is 30.1 Å². The fourth-order valence-corrected chi connectivity index (χ4v) is 4.95. The molecule has 0 aliphatic heterocycles. The molecule has 0 unspecified atom stereocenters. The molecule has 29 heavy (non-hydrogen) atoms. The maximum Gasteiger partial charge on any atom is 0.192 e. The second-order valence-electron chi connectivity index (χ2n) is 9.55. The first kappa shape index (κ1) is 23.3. The minimum Gasteiger partial charge on any atom is -0.410 e. The summed E-state index contributed by atoms with van der Waals surface area (Å²) < 4.78 is 14.5. The zero-order chi connectivity index (χ0) is 21.9. The Bertz CT molecular complexity index is 859. The topological polar surface area (TPSA) is 60.1 Å². The molecule has 1 aromatic carbocycles. The van der Waals surface area contributed by atoms with E-state index in [1.165, 1.54) is 0 Å². The van der Waals surface area contributed by atoms with E-state index in [0.29, 0.717) is 25.5 Å². The van der Waals surface area contributed by atoms with Crippen molar-refractivity contribution in [3.05, 3.63) is 41.9 Å². The van der Waals surface area contributed by atoms with Gasteiger partial charge in [0.15, 0.2) is 14.0 Å². The quantitative estimate of drug-likeness (QED) is 0.516. The molecule has 0 aliphatic rings. The van der Waals surface area contributed by atoms with Crippen LogP contribution in [0.25, 0.3) is 11.3 Å². The fraction of sp³-hybridized carbons (Fsp3) is 0.565. The summed E-state index contributed by atoms with van der Waals surface area (Å²) in [6.07, 6.45) is 0. The van der Waals surface area contributed by atoms with Crippen molar-refractivity contribution in [1.82, 2.24) is 9.55 Å². The lowest BCUT2D eigenvalue weighted by Crippen LogP contribution is -2.49. The first-order valence-corrected chi connectivity index (χ1v) is 13.2. The smallest absolute Gasteiger partial charge is 0.192 e. The summed E-state index contributed by atoms with van der Waals surface area (Å²) in [5.41, 5.74) is 1.81. The molecule has 158 valence electrons. The molecule has 5 nitrogen and oxygen atoms in total. The summed E-state index contributed by atoms with van der Waals surface area (Å²) in [7, 11) is -1.97. The normalized spacial score (nSPS) is 12.8. The second kappa shape index (κ2) is 8.82. The molecule has 2 rings (SSSR count). The van der Waals surface area contributed by atoms with Crippen LogP contribution in [0.3, 0.4) is 0 Å². The SMILES string of the molecule is CCOCc1nc(C#N)c(-c2ccccc2)n1CC(C)(C)O[Si](C)(C)C(C)(C)C. The van der Waals surface area contributed by atoms with E-state index >= 15 is 0 Å². The molecule has 0 spiro atoms. The first-order chi connectivity index (χ1) is 13.4. The molecular formula is C23H35N3O2Si. The highest BCUT2D eigenvalue weighted by Gasteiger charge is 2.42. The van der Waals surface area contributed by atoms with Gasteiger partial charge >= 0.3 is 0 Å². The van der Waals surface area contributed by atoms with Gasteiger partial charge in [0.2, 0.25) is 0 Å². The standard InChI is InChI=1S/C23H35N3O2Si/c1-9-27-16-20-25-19(15-24)21(18-13-11-10-12-14-18)26(20)17-23(5,6)28-29(7,8)22(2,3)4/h10-14H,9,16-17H2,1-8H3. The Hall–Kier alpha value is -1.94. The summed E-state index contributed by atoms with van der Waals surface area (Å²) in [6.45, 7) is 19.0. The Morgan fingerprint density at radius 1 is 1.10 bits per heavy atom. The predicted molar refractivity (Wildman–Crippen MR) is 120 cm³/mol. The van der Waals surface area contributed by atoms with Gasteiger partial charge in [-0.25, -0.2) is 4.98 Å². The Balaban J connectivity index is 2.52. The first-order valence-electron chi connectivity index (χ1n) is 10.2. The van der Waals surface area contributed by atoms with E-state index in [0.717, 1.165) is 17.1 Å². The molecule has 0 saturated heterocycles. The summed E-state index contributed by atoms with van der Waals surface area (Å²) in [4.78, 5) is 4.60. The maximum absolute atomic E-state index is 9.74. The highest BCUT2D eigenvalue weighted by molar-refractivity contribution is 6.74. The molecule has 0 saturated carbocycles. The minimum atomic E-state index is -1.97. The zero-order valence-electron chi connectivity index (χ0n) is 19.2. The van der Waals surface area contributed by atoms with Crippen molar-refractivity contribution >= 4 is 8.32 Å². The highest BCUT2D eigenvalue weighted by Crippen LogP contribution is 2.40. The summed E-state index contributed by atoms with van der Waals surface area (Å²) in [6, 6.07) is 12.2. The van der Waals surface area contributed by atoms with Crippen LogP contribution in [-0.2, 0) is 22.3 Å². The van der Waals surface area contributed by atoms with Gasteiger partial charge in [-0.15, -0.1) is 0 Å². The number of imidazole rings is 1. The average Bonchev–Trinajstić information content (AvgIpc) is 2.95. The van der Waals surface area contributed by atoms with Crippen molar-refractivity contribution in [2.75, 3.05) is 6.61 Å². The van der Waals surface area contributed by atoms with Crippen LogP contribution in [0, 0.1) is 11.3 Å². The predicted octanol–water partition coefficient (Wildman–Crippen LogP) is 5.76. The van der Waals surface area contributed by atoms with Gasteiger partial charge in [0.05, 0.1) is 17.8 Å². The number of benzene rings is 1. The van der Waals surface area contributed by atoms with E-state index in [4.69, 9.17) is 9.16 Å². The molecule has 0 bridgehead atoms. The highest BCUT2D eigenvalue weighted by atomic mass is 28.4. The van der Waals surface area contributed by atoms with E-state index < -0.39 is 13.9 Å². The van der Waals surface area contributed by atoms with Crippen LogP contribution >= 0.6 is 0 Å². The molecule has 0 radical (unpaired) electrons. The largest absolute Gasteiger partial charge is 0.410 e. The number of aromatic nitrogens is 2. The molecule has 0 aliphatic carbocycles. The minimum absolute atomic E-state index is 0.118. The molecular weight excluding hydrogens is 378 g/mol. The molecule has 0 atom stereocenters. The third kappa shape index (κ3) is 5.56. The zero-order valence-corrected chi connectivity index (χ0v) is 20.2.